The standard InChI is InChI=1S/C31H31F2N3O3/c1-36-26-10-6-5-9-24(26)28(21-7-3-2-4-8-21)34-29(31(36)39)35-30(38)25(17-19-11-12-19)27(37)14-13-20-15-22(32)18-23(33)16-20/h2-10,15-16,18-19,25,27,29,37H,11-14,17H2,1H3,(H,35,38)/t25-,27+,29-/m1/s1. The summed E-state index contributed by atoms with van der Waals surface area (Å²) in [5, 5.41) is 13.9. The number of amides is 2. The monoisotopic (exact) mass is 531 g/mol. The lowest BCUT2D eigenvalue weighted by atomic mass is 9.90. The maximum atomic E-state index is 13.6. The molecule has 0 aromatic heterocycles. The second-order valence-electron chi connectivity index (χ2n) is 10.3. The number of hydrogen-bond donors (Lipinski definition) is 2. The number of aliphatic hydroxyl groups excluding tert-OH is 1. The SMILES string of the molecule is CN1C(=O)[C@@H](NC(=O)[C@H](CC2CC2)[C@@H](O)CCc2cc(F)cc(F)c2)N=C(c2ccccc2)c2ccccc21. The van der Waals surface area contributed by atoms with Crippen LogP contribution in [0.1, 0.15) is 42.4 Å². The minimum Gasteiger partial charge on any atom is -0.392 e. The van der Waals surface area contributed by atoms with Crippen molar-refractivity contribution in [3.8, 4) is 0 Å². The molecule has 1 aliphatic heterocycles. The van der Waals surface area contributed by atoms with Crippen molar-refractivity contribution in [2.45, 2.75) is 44.4 Å². The molecule has 3 atom stereocenters. The van der Waals surface area contributed by atoms with Crippen LogP contribution in [0.2, 0.25) is 0 Å². The number of anilines is 1. The third kappa shape index (κ3) is 6.23. The molecule has 0 saturated heterocycles. The third-order valence-electron chi connectivity index (χ3n) is 7.41. The Hall–Kier alpha value is -3.91. The van der Waals surface area contributed by atoms with E-state index in [0.29, 0.717) is 29.3 Å². The zero-order valence-corrected chi connectivity index (χ0v) is 21.7. The van der Waals surface area contributed by atoms with E-state index in [0.717, 1.165) is 30.0 Å². The van der Waals surface area contributed by atoms with Gasteiger partial charge < -0.3 is 15.3 Å². The molecule has 8 heteroatoms. The summed E-state index contributed by atoms with van der Waals surface area (Å²) < 4.78 is 27.2. The highest BCUT2D eigenvalue weighted by Crippen LogP contribution is 2.37. The second kappa shape index (κ2) is 11.5. The fourth-order valence-electron chi connectivity index (χ4n) is 5.11. The van der Waals surface area contributed by atoms with E-state index in [9.17, 15) is 23.5 Å². The molecule has 1 fully saturated rings. The van der Waals surface area contributed by atoms with Crippen LogP contribution in [0, 0.1) is 23.5 Å². The van der Waals surface area contributed by atoms with Gasteiger partial charge in [-0.05, 0) is 48.9 Å². The number of fused-ring (bicyclic) bond motifs is 1. The van der Waals surface area contributed by atoms with Gasteiger partial charge in [-0.2, -0.15) is 0 Å². The molecule has 1 aliphatic carbocycles. The van der Waals surface area contributed by atoms with Crippen molar-refractivity contribution >= 4 is 23.2 Å². The van der Waals surface area contributed by atoms with E-state index in [2.05, 4.69) is 5.32 Å². The topological polar surface area (TPSA) is 82.0 Å². The number of para-hydroxylation sites is 1. The Kier molecular flexibility index (Phi) is 7.84. The number of carbonyl (C=O) groups excluding carboxylic acids is 2. The number of aliphatic hydroxyl groups is 1. The first-order chi connectivity index (χ1) is 18.8. The maximum absolute atomic E-state index is 13.6. The zero-order chi connectivity index (χ0) is 27.5. The summed E-state index contributed by atoms with van der Waals surface area (Å²) in [6, 6.07) is 20.2. The molecule has 2 amide bonds. The van der Waals surface area contributed by atoms with Crippen LogP contribution in [0.4, 0.5) is 14.5 Å². The van der Waals surface area contributed by atoms with E-state index in [-0.39, 0.29) is 12.8 Å². The second-order valence-corrected chi connectivity index (χ2v) is 10.3. The van der Waals surface area contributed by atoms with Crippen LogP contribution in [0.5, 0.6) is 0 Å². The van der Waals surface area contributed by atoms with Crippen LogP contribution in [0.3, 0.4) is 0 Å². The molecule has 0 unspecified atom stereocenters. The number of benzene rings is 3. The first kappa shape index (κ1) is 26.7. The van der Waals surface area contributed by atoms with E-state index in [1.165, 1.54) is 17.0 Å². The summed E-state index contributed by atoms with van der Waals surface area (Å²) in [5.41, 5.74) is 3.25. The number of aliphatic imine (C=N–C) groups is 1. The molecule has 6 nitrogen and oxygen atoms in total. The highest BCUT2D eigenvalue weighted by molar-refractivity contribution is 6.20. The van der Waals surface area contributed by atoms with Crippen molar-refractivity contribution in [1.29, 1.82) is 0 Å². The van der Waals surface area contributed by atoms with Crippen molar-refractivity contribution in [3.05, 3.63) is 101 Å². The van der Waals surface area contributed by atoms with E-state index in [1.54, 1.807) is 7.05 Å². The van der Waals surface area contributed by atoms with Gasteiger partial charge in [0.2, 0.25) is 12.1 Å². The summed E-state index contributed by atoms with van der Waals surface area (Å²) in [7, 11) is 1.65. The smallest absolute Gasteiger partial charge is 0.272 e. The van der Waals surface area contributed by atoms with Gasteiger partial charge in [0.25, 0.3) is 5.91 Å². The quantitative estimate of drug-likeness (QED) is 0.423. The van der Waals surface area contributed by atoms with E-state index < -0.39 is 41.6 Å². The molecule has 1 heterocycles. The summed E-state index contributed by atoms with van der Waals surface area (Å²) in [4.78, 5) is 33.3. The van der Waals surface area contributed by atoms with Crippen LogP contribution in [-0.4, -0.2) is 41.9 Å². The molecule has 5 rings (SSSR count). The lowest BCUT2D eigenvalue weighted by Gasteiger charge is -2.25. The van der Waals surface area contributed by atoms with Gasteiger partial charge in [0, 0.05) is 24.2 Å². The molecule has 1 saturated carbocycles. The average molecular weight is 532 g/mol. The van der Waals surface area contributed by atoms with Crippen molar-refractivity contribution in [3.63, 3.8) is 0 Å². The molecule has 0 spiro atoms. The fraction of sp³-hybridized carbons (Fsp3) is 0.323. The zero-order valence-electron chi connectivity index (χ0n) is 21.7. The van der Waals surface area contributed by atoms with Crippen LogP contribution in [0.15, 0.2) is 77.8 Å². The Balaban J connectivity index is 1.39. The van der Waals surface area contributed by atoms with E-state index in [1.807, 2.05) is 54.6 Å². The lowest BCUT2D eigenvalue weighted by Crippen LogP contribution is -2.49. The molecule has 202 valence electrons. The predicted molar refractivity (Wildman–Crippen MR) is 145 cm³/mol. The number of carbonyl (C=O) groups is 2. The predicted octanol–water partition coefficient (Wildman–Crippen LogP) is 4.63. The minimum absolute atomic E-state index is 0.149. The van der Waals surface area contributed by atoms with Gasteiger partial charge in [0.15, 0.2) is 0 Å². The molecule has 39 heavy (non-hydrogen) atoms. The Labute approximate surface area is 226 Å². The molecular weight excluding hydrogens is 500 g/mol. The van der Waals surface area contributed by atoms with Crippen molar-refractivity contribution < 1.29 is 23.5 Å². The van der Waals surface area contributed by atoms with Gasteiger partial charge in [0.05, 0.1) is 23.4 Å². The van der Waals surface area contributed by atoms with Gasteiger partial charge in [-0.1, -0.05) is 61.4 Å². The Morgan fingerprint density at radius 1 is 1.05 bits per heavy atom. The van der Waals surface area contributed by atoms with Gasteiger partial charge in [0.1, 0.15) is 11.6 Å². The summed E-state index contributed by atoms with van der Waals surface area (Å²) in [6.07, 6.45) is 0.542. The number of aryl methyl sites for hydroxylation is 1. The minimum atomic E-state index is -1.18. The molecule has 3 aromatic carbocycles. The van der Waals surface area contributed by atoms with Gasteiger partial charge in [-0.3, -0.25) is 9.59 Å². The maximum Gasteiger partial charge on any atom is 0.272 e. The Bertz CT molecular complexity index is 1370. The number of hydrogen-bond acceptors (Lipinski definition) is 4. The first-order valence-electron chi connectivity index (χ1n) is 13.2. The number of likely N-dealkylation sites (N-methyl/N-ethyl adjacent to an activating group) is 1. The number of nitrogens with zero attached hydrogens (tertiary/aromatic N) is 2. The number of benzodiazepines with no additional fused rings is 1. The van der Waals surface area contributed by atoms with Crippen molar-refractivity contribution in [2.75, 3.05) is 11.9 Å². The highest BCUT2D eigenvalue weighted by Gasteiger charge is 2.37. The molecule has 2 aliphatic rings. The summed E-state index contributed by atoms with van der Waals surface area (Å²) >= 11 is 0. The number of nitrogens with one attached hydrogen (secondary N) is 1. The summed E-state index contributed by atoms with van der Waals surface area (Å²) in [5.74, 6) is -2.69. The highest BCUT2D eigenvalue weighted by atomic mass is 19.1. The third-order valence-corrected chi connectivity index (χ3v) is 7.41. The number of rotatable bonds is 9. The van der Waals surface area contributed by atoms with Crippen LogP contribution in [-0.2, 0) is 16.0 Å². The van der Waals surface area contributed by atoms with Crippen LogP contribution >= 0.6 is 0 Å². The molecule has 0 radical (unpaired) electrons. The van der Waals surface area contributed by atoms with Gasteiger partial charge in [-0.25, -0.2) is 13.8 Å². The Morgan fingerprint density at radius 3 is 2.41 bits per heavy atom. The van der Waals surface area contributed by atoms with Gasteiger partial charge >= 0.3 is 0 Å². The first-order valence-corrected chi connectivity index (χ1v) is 13.2. The van der Waals surface area contributed by atoms with Crippen LogP contribution in [0.25, 0.3) is 0 Å². The normalized spacial score (nSPS) is 18.6. The molecule has 2 N–H and O–H groups in total. The van der Waals surface area contributed by atoms with Crippen molar-refractivity contribution in [2.24, 2.45) is 16.8 Å². The average Bonchev–Trinajstić information content (AvgIpc) is 3.76. The lowest BCUT2D eigenvalue weighted by molar-refractivity contribution is -0.133. The van der Waals surface area contributed by atoms with E-state index >= 15 is 0 Å². The summed E-state index contributed by atoms with van der Waals surface area (Å²) in [6.45, 7) is 0. The van der Waals surface area contributed by atoms with Gasteiger partial charge in [-0.15, -0.1) is 0 Å². The van der Waals surface area contributed by atoms with Crippen molar-refractivity contribution in [1.82, 2.24) is 5.32 Å². The fourth-order valence-corrected chi connectivity index (χ4v) is 5.11. The largest absolute Gasteiger partial charge is 0.392 e. The number of halogens is 2. The van der Waals surface area contributed by atoms with Crippen LogP contribution < -0.4 is 10.2 Å². The van der Waals surface area contributed by atoms with E-state index in [4.69, 9.17) is 4.99 Å². The Morgan fingerprint density at radius 2 is 1.72 bits per heavy atom. The molecular formula is C31H31F2N3O3. The molecule has 0 bridgehead atoms. The molecule has 3 aromatic rings.